The van der Waals surface area contributed by atoms with E-state index in [9.17, 15) is 4.79 Å². The molecule has 1 N–H and O–H groups in total. The Labute approximate surface area is 123 Å². The third-order valence-electron chi connectivity index (χ3n) is 3.30. The van der Waals surface area contributed by atoms with Gasteiger partial charge in [0.1, 0.15) is 0 Å². The highest BCUT2D eigenvalue weighted by Gasteiger charge is 2.10. The summed E-state index contributed by atoms with van der Waals surface area (Å²) in [4.78, 5) is 11.0. The van der Waals surface area contributed by atoms with E-state index in [1.807, 2.05) is 12.1 Å². The van der Waals surface area contributed by atoms with Crippen LogP contribution in [0.1, 0.15) is 21.5 Å². The monoisotopic (exact) mass is 286 g/mol. The molecular weight excluding hydrogens is 268 g/mol. The first-order valence-electron chi connectivity index (χ1n) is 6.70. The van der Waals surface area contributed by atoms with E-state index >= 15 is 0 Å². The topological polar surface area (TPSA) is 55.8 Å². The molecule has 2 aromatic rings. The van der Waals surface area contributed by atoms with E-state index in [0.29, 0.717) is 18.1 Å². The first kappa shape index (κ1) is 14.9. The predicted molar refractivity (Wildman–Crippen MR) is 80.3 cm³/mol. The zero-order chi connectivity index (χ0) is 15.2. The van der Waals surface area contributed by atoms with Gasteiger partial charge in [-0.25, -0.2) is 4.79 Å². The molecule has 0 saturated carbocycles. The van der Waals surface area contributed by atoms with E-state index in [-0.39, 0.29) is 5.56 Å². The lowest BCUT2D eigenvalue weighted by atomic mass is 10.1. The molecule has 0 radical (unpaired) electrons. The number of aryl methyl sites for hydroxylation is 1. The van der Waals surface area contributed by atoms with Gasteiger partial charge in [-0.15, -0.1) is 0 Å². The molecule has 0 heterocycles. The molecule has 4 nitrogen and oxygen atoms in total. The molecule has 21 heavy (non-hydrogen) atoms. The van der Waals surface area contributed by atoms with Crippen molar-refractivity contribution >= 4 is 5.97 Å². The van der Waals surface area contributed by atoms with Crippen molar-refractivity contribution in [3.63, 3.8) is 0 Å². The molecule has 110 valence electrons. The van der Waals surface area contributed by atoms with Crippen LogP contribution in [0, 0.1) is 6.92 Å². The van der Waals surface area contributed by atoms with Crippen molar-refractivity contribution in [1.29, 1.82) is 0 Å². The Kier molecular flexibility index (Phi) is 4.82. The summed E-state index contributed by atoms with van der Waals surface area (Å²) in [6.07, 6.45) is 0.757. The van der Waals surface area contributed by atoms with Crippen molar-refractivity contribution in [2.45, 2.75) is 13.3 Å². The van der Waals surface area contributed by atoms with Gasteiger partial charge in [0.25, 0.3) is 0 Å². The fourth-order valence-corrected chi connectivity index (χ4v) is 2.08. The Morgan fingerprint density at radius 3 is 2.57 bits per heavy atom. The van der Waals surface area contributed by atoms with Crippen LogP contribution in [0.2, 0.25) is 0 Å². The van der Waals surface area contributed by atoms with Gasteiger partial charge in [-0.3, -0.25) is 0 Å². The smallest absolute Gasteiger partial charge is 0.335 e. The van der Waals surface area contributed by atoms with Crippen LogP contribution in [0.15, 0.2) is 42.5 Å². The molecule has 0 unspecified atom stereocenters. The summed E-state index contributed by atoms with van der Waals surface area (Å²) in [5.74, 6) is -0.00262. The van der Waals surface area contributed by atoms with Gasteiger partial charge in [0.05, 0.1) is 19.3 Å². The highest BCUT2D eigenvalue weighted by atomic mass is 16.5. The summed E-state index contributed by atoms with van der Waals surface area (Å²) in [7, 11) is 1.53. The van der Waals surface area contributed by atoms with Crippen molar-refractivity contribution in [2.75, 3.05) is 13.7 Å². The highest BCUT2D eigenvalue weighted by Crippen LogP contribution is 2.28. The number of ether oxygens (including phenoxy) is 2. The van der Waals surface area contributed by atoms with Gasteiger partial charge in [0.2, 0.25) is 0 Å². The number of benzene rings is 2. The Hall–Kier alpha value is -2.49. The minimum atomic E-state index is -0.985. The third-order valence-corrected chi connectivity index (χ3v) is 3.30. The van der Waals surface area contributed by atoms with Crippen molar-refractivity contribution in [2.24, 2.45) is 0 Å². The molecule has 0 bridgehead atoms. The maximum atomic E-state index is 11.0. The van der Waals surface area contributed by atoms with E-state index in [1.165, 1.54) is 30.4 Å². The summed E-state index contributed by atoms with van der Waals surface area (Å²) < 4.78 is 10.9. The van der Waals surface area contributed by atoms with Gasteiger partial charge < -0.3 is 14.6 Å². The Morgan fingerprint density at radius 2 is 1.90 bits per heavy atom. The Balaban J connectivity index is 2.07. The van der Waals surface area contributed by atoms with Crippen LogP contribution in [0.4, 0.5) is 0 Å². The lowest BCUT2D eigenvalue weighted by Gasteiger charge is -2.12. The summed E-state index contributed by atoms with van der Waals surface area (Å²) in [6, 6.07) is 12.7. The van der Waals surface area contributed by atoms with E-state index in [4.69, 9.17) is 14.6 Å². The van der Waals surface area contributed by atoms with Crippen LogP contribution in [-0.2, 0) is 6.42 Å². The number of aromatic carboxylic acids is 1. The molecule has 0 saturated heterocycles. The highest BCUT2D eigenvalue weighted by molar-refractivity contribution is 5.88. The minimum Gasteiger partial charge on any atom is -0.493 e. The van der Waals surface area contributed by atoms with E-state index in [2.05, 4.69) is 19.1 Å². The van der Waals surface area contributed by atoms with Crippen LogP contribution < -0.4 is 9.47 Å². The van der Waals surface area contributed by atoms with Crippen molar-refractivity contribution in [3.8, 4) is 11.5 Å². The zero-order valence-electron chi connectivity index (χ0n) is 12.1. The van der Waals surface area contributed by atoms with Gasteiger partial charge in [-0.05, 0) is 36.2 Å². The lowest BCUT2D eigenvalue weighted by molar-refractivity contribution is 0.0696. The van der Waals surface area contributed by atoms with Crippen LogP contribution in [0.25, 0.3) is 0 Å². The standard InChI is InChI=1S/C17H18O4/c1-12-5-3-4-6-13(12)9-10-21-16-11-14(17(18)19)7-8-15(16)20-2/h3-8,11H,9-10H2,1-2H3,(H,18,19). The van der Waals surface area contributed by atoms with E-state index in [1.54, 1.807) is 6.07 Å². The number of rotatable bonds is 6. The quantitative estimate of drug-likeness (QED) is 0.885. The normalized spacial score (nSPS) is 10.2. The number of methoxy groups -OCH3 is 1. The molecule has 0 atom stereocenters. The average molecular weight is 286 g/mol. The van der Waals surface area contributed by atoms with E-state index < -0.39 is 5.97 Å². The molecule has 0 spiro atoms. The van der Waals surface area contributed by atoms with Crippen molar-refractivity contribution in [1.82, 2.24) is 0 Å². The second kappa shape index (κ2) is 6.79. The van der Waals surface area contributed by atoms with Gasteiger partial charge >= 0.3 is 5.97 Å². The van der Waals surface area contributed by atoms with Crippen molar-refractivity contribution in [3.05, 3.63) is 59.2 Å². The Morgan fingerprint density at radius 1 is 1.14 bits per heavy atom. The van der Waals surface area contributed by atoms with Gasteiger partial charge in [0.15, 0.2) is 11.5 Å². The molecule has 0 aliphatic rings. The summed E-state index contributed by atoms with van der Waals surface area (Å²) in [5, 5.41) is 9.02. The molecule has 2 aromatic carbocycles. The molecule has 2 rings (SSSR count). The fourth-order valence-electron chi connectivity index (χ4n) is 2.08. The van der Waals surface area contributed by atoms with Gasteiger partial charge in [-0.2, -0.15) is 0 Å². The zero-order valence-corrected chi connectivity index (χ0v) is 12.1. The lowest BCUT2D eigenvalue weighted by Crippen LogP contribution is -2.05. The number of carboxylic acid groups (broad SMARTS) is 1. The maximum Gasteiger partial charge on any atom is 0.335 e. The third kappa shape index (κ3) is 3.75. The Bertz CT molecular complexity index is 634. The second-order valence-corrected chi connectivity index (χ2v) is 4.70. The molecule has 4 heteroatoms. The van der Waals surface area contributed by atoms with Crippen LogP contribution in [0.5, 0.6) is 11.5 Å². The summed E-state index contributed by atoms with van der Waals surface area (Å²) in [5.41, 5.74) is 2.61. The molecule has 0 aliphatic heterocycles. The number of carbonyl (C=O) groups is 1. The first-order valence-corrected chi connectivity index (χ1v) is 6.70. The average Bonchev–Trinajstić information content (AvgIpc) is 2.49. The maximum absolute atomic E-state index is 11.0. The van der Waals surface area contributed by atoms with Gasteiger partial charge in [0, 0.05) is 6.42 Å². The van der Waals surface area contributed by atoms with Crippen LogP contribution in [-0.4, -0.2) is 24.8 Å². The first-order chi connectivity index (χ1) is 10.1. The second-order valence-electron chi connectivity index (χ2n) is 4.70. The number of carboxylic acids is 1. The van der Waals surface area contributed by atoms with E-state index in [0.717, 1.165) is 6.42 Å². The molecule has 0 fully saturated rings. The van der Waals surface area contributed by atoms with Crippen LogP contribution >= 0.6 is 0 Å². The minimum absolute atomic E-state index is 0.182. The van der Waals surface area contributed by atoms with Crippen molar-refractivity contribution < 1.29 is 19.4 Å². The summed E-state index contributed by atoms with van der Waals surface area (Å²) >= 11 is 0. The van der Waals surface area contributed by atoms with Gasteiger partial charge in [-0.1, -0.05) is 24.3 Å². The molecule has 0 aromatic heterocycles. The largest absolute Gasteiger partial charge is 0.493 e. The number of hydrogen-bond donors (Lipinski definition) is 1. The van der Waals surface area contributed by atoms with Crippen LogP contribution in [0.3, 0.4) is 0 Å². The molecule has 0 amide bonds. The predicted octanol–water partition coefficient (Wildman–Crippen LogP) is 3.32. The summed E-state index contributed by atoms with van der Waals surface area (Å²) in [6.45, 7) is 2.52. The SMILES string of the molecule is COc1ccc(C(=O)O)cc1OCCc1ccccc1C. The number of hydrogen-bond acceptors (Lipinski definition) is 3. The fraction of sp³-hybridized carbons (Fsp3) is 0.235. The molecular formula is C17H18O4. The molecule has 0 aliphatic carbocycles.